The summed E-state index contributed by atoms with van der Waals surface area (Å²) in [6.45, 7) is 4.22. The summed E-state index contributed by atoms with van der Waals surface area (Å²) in [5, 5.41) is 31.1. The third kappa shape index (κ3) is 14.1. The molecule has 6 N–H and O–H groups in total. The molecule has 12 heteroatoms. The monoisotopic (exact) mass is 754 g/mol. The van der Waals surface area contributed by atoms with Crippen LogP contribution in [-0.4, -0.2) is 54.1 Å². The molecule has 0 saturated heterocycles. The lowest BCUT2D eigenvalue weighted by Gasteiger charge is -2.02. The Morgan fingerprint density at radius 3 is 1.23 bits per heavy atom. The average molecular weight is 755 g/mol. The van der Waals surface area contributed by atoms with Crippen LogP contribution in [0.5, 0.6) is 0 Å². The number of nitrogens with zero attached hydrogens (tertiary/aromatic N) is 1. The van der Waals surface area contributed by atoms with Crippen LogP contribution in [0.15, 0.2) is 146 Å². The Morgan fingerprint density at radius 2 is 0.821 bits per heavy atom. The minimum Gasteiger partial charge on any atom is -0.550 e. The van der Waals surface area contributed by atoms with Gasteiger partial charge in [0.05, 0.1) is 17.0 Å². The second-order valence-electron chi connectivity index (χ2n) is 11.8. The quantitative estimate of drug-likeness (QED) is 0.113. The number of carboxylic acids is 4. The fourth-order valence-electron chi connectivity index (χ4n) is 5.12. The summed E-state index contributed by atoms with van der Waals surface area (Å²) in [7, 11) is 0. The second kappa shape index (κ2) is 21.8. The van der Waals surface area contributed by atoms with Crippen LogP contribution in [0.4, 0.5) is 0 Å². The number of aliphatic carboxylic acids is 4. The molecule has 0 spiro atoms. The number of aromatic nitrogens is 4. The van der Waals surface area contributed by atoms with Crippen molar-refractivity contribution in [2.45, 2.75) is 27.7 Å². The highest BCUT2D eigenvalue weighted by Crippen LogP contribution is 2.34. The molecule has 5 aromatic carbocycles. The first-order valence-electron chi connectivity index (χ1n) is 17.1. The van der Waals surface area contributed by atoms with Crippen molar-refractivity contribution >= 4 is 23.9 Å². The molecule has 0 saturated carbocycles. The van der Waals surface area contributed by atoms with Gasteiger partial charge in [0.25, 0.3) is 23.7 Å². The second-order valence-corrected chi connectivity index (χ2v) is 11.8. The molecule has 286 valence electrons. The topological polar surface area (TPSA) is 211 Å². The first-order valence-corrected chi connectivity index (χ1v) is 17.1. The predicted molar refractivity (Wildman–Crippen MR) is 213 cm³/mol. The van der Waals surface area contributed by atoms with E-state index in [1.165, 1.54) is 0 Å². The van der Waals surface area contributed by atoms with Gasteiger partial charge >= 0.3 is 0 Å². The smallest absolute Gasteiger partial charge is 0.300 e. The SMILES string of the molecule is CC(=O)O.CC(=O)O.CC(=O)O.CC(=O)[O-].c1ccc(-c2nc(-c3ccc(-c4[nH]c(-c5ccccc5)c(-c5ccccc5)[nH+]4)cc3)[nH]c2-c2ccccc2)cc1. The van der Waals surface area contributed by atoms with Crippen molar-refractivity contribution < 1.29 is 44.6 Å². The zero-order valence-electron chi connectivity index (χ0n) is 31.2. The molecule has 2 heterocycles. The van der Waals surface area contributed by atoms with Crippen molar-refractivity contribution in [3.63, 3.8) is 0 Å². The lowest BCUT2D eigenvalue weighted by atomic mass is 10.1. The molecule has 0 radical (unpaired) electrons. The summed E-state index contributed by atoms with van der Waals surface area (Å²) in [6.07, 6.45) is 0. The maximum absolute atomic E-state index is 9.00. The summed E-state index contributed by atoms with van der Waals surface area (Å²) in [5.74, 6) is -1.78. The molecule has 7 rings (SSSR count). The van der Waals surface area contributed by atoms with Gasteiger partial charge in [0.1, 0.15) is 5.82 Å². The molecule has 0 aliphatic rings. The fraction of sp³-hybridized carbons (Fsp3) is 0.0909. The highest BCUT2D eigenvalue weighted by atomic mass is 16.4. The molecule has 0 aliphatic carbocycles. The van der Waals surface area contributed by atoms with E-state index in [1.54, 1.807) is 0 Å². The van der Waals surface area contributed by atoms with Gasteiger partial charge in [0.15, 0.2) is 11.4 Å². The van der Waals surface area contributed by atoms with Gasteiger partial charge in [0, 0.05) is 54.6 Å². The van der Waals surface area contributed by atoms with Gasteiger partial charge in [-0.05, 0) is 19.1 Å². The maximum Gasteiger partial charge on any atom is 0.300 e. The molecular weight excluding hydrogens is 713 g/mol. The number of hydrogen-bond acceptors (Lipinski definition) is 6. The normalized spacial score (nSPS) is 9.64. The van der Waals surface area contributed by atoms with E-state index < -0.39 is 23.9 Å². The molecule has 56 heavy (non-hydrogen) atoms. The van der Waals surface area contributed by atoms with Crippen LogP contribution >= 0.6 is 0 Å². The first kappa shape index (κ1) is 42.8. The zero-order chi connectivity index (χ0) is 41.0. The molecular formula is C44H42N4O8. The van der Waals surface area contributed by atoms with Crippen molar-refractivity contribution in [3.05, 3.63) is 146 Å². The number of carbonyl (C=O) groups excluding carboxylic acids is 1. The van der Waals surface area contributed by atoms with Gasteiger partial charge in [-0.3, -0.25) is 14.4 Å². The number of rotatable bonds is 6. The maximum atomic E-state index is 9.00. The lowest BCUT2D eigenvalue weighted by Crippen LogP contribution is -2.16. The van der Waals surface area contributed by atoms with Gasteiger partial charge in [-0.15, -0.1) is 0 Å². The number of imidazole rings is 2. The Morgan fingerprint density at radius 1 is 0.482 bits per heavy atom. The molecule has 12 nitrogen and oxygen atoms in total. The number of nitrogens with one attached hydrogen (secondary N) is 3. The Balaban J connectivity index is 0.000000450. The van der Waals surface area contributed by atoms with E-state index in [1.807, 2.05) is 36.4 Å². The first-order chi connectivity index (χ1) is 26.8. The van der Waals surface area contributed by atoms with Crippen molar-refractivity contribution in [1.82, 2.24) is 15.0 Å². The zero-order valence-corrected chi connectivity index (χ0v) is 31.2. The fourth-order valence-corrected chi connectivity index (χ4v) is 5.12. The van der Waals surface area contributed by atoms with E-state index in [4.69, 9.17) is 44.6 Å². The van der Waals surface area contributed by atoms with Crippen LogP contribution in [0.3, 0.4) is 0 Å². The third-order valence-corrected chi connectivity index (χ3v) is 7.14. The minimum atomic E-state index is -1.08. The summed E-state index contributed by atoms with van der Waals surface area (Å²) in [5.41, 5.74) is 10.7. The Labute approximate surface area is 323 Å². The molecule has 2 aromatic heterocycles. The number of carbonyl (C=O) groups is 4. The van der Waals surface area contributed by atoms with Gasteiger partial charge in [-0.1, -0.05) is 133 Å². The van der Waals surface area contributed by atoms with E-state index in [0.29, 0.717) is 0 Å². The van der Waals surface area contributed by atoms with Gasteiger partial charge in [0.2, 0.25) is 0 Å². The van der Waals surface area contributed by atoms with Crippen molar-refractivity contribution in [2.24, 2.45) is 0 Å². The highest BCUT2D eigenvalue weighted by Gasteiger charge is 2.22. The number of carboxylic acid groups (broad SMARTS) is 4. The Kier molecular flexibility index (Phi) is 16.7. The van der Waals surface area contributed by atoms with E-state index in [0.717, 1.165) is 95.5 Å². The van der Waals surface area contributed by atoms with Gasteiger partial charge < -0.3 is 30.2 Å². The van der Waals surface area contributed by atoms with Crippen LogP contribution in [0.2, 0.25) is 0 Å². The highest BCUT2D eigenvalue weighted by molar-refractivity contribution is 5.82. The van der Waals surface area contributed by atoms with E-state index >= 15 is 0 Å². The van der Waals surface area contributed by atoms with Crippen molar-refractivity contribution in [1.29, 1.82) is 0 Å². The number of aromatic amines is 3. The molecule has 7 aromatic rings. The van der Waals surface area contributed by atoms with E-state index in [-0.39, 0.29) is 0 Å². The summed E-state index contributed by atoms with van der Waals surface area (Å²) >= 11 is 0. The molecule has 0 amide bonds. The molecule has 0 atom stereocenters. The summed E-state index contributed by atoms with van der Waals surface area (Å²) < 4.78 is 0. The number of benzene rings is 5. The molecule has 0 bridgehead atoms. The van der Waals surface area contributed by atoms with Crippen LogP contribution in [0.1, 0.15) is 27.7 Å². The van der Waals surface area contributed by atoms with Crippen molar-refractivity contribution in [3.8, 4) is 67.8 Å². The van der Waals surface area contributed by atoms with Crippen molar-refractivity contribution in [2.75, 3.05) is 0 Å². The molecule has 0 fully saturated rings. The summed E-state index contributed by atoms with van der Waals surface area (Å²) in [4.78, 5) is 51.8. The van der Waals surface area contributed by atoms with Crippen LogP contribution < -0.4 is 10.1 Å². The van der Waals surface area contributed by atoms with E-state index in [9.17, 15) is 0 Å². The average Bonchev–Trinajstić information content (AvgIpc) is 3.82. The van der Waals surface area contributed by atoms with Crippen LogP contribution in [0.25, 0.3) is 67.8 Å². The summed E-state index contributed by atoms with van der Waals surface area (Å²) in [6, 6.07) is 50.1. The van der Waals surface area contributed by atoms with Gasteiger partial charge in [-0.25, -0.2) is 15.0 Å². The molecule has 0 unspecified atom stereocenters. The largest absolute Gasteiger partial charge is 0.550 e. The molecule has 0 aliphatic heterocycles. The predicted octanol–water partition coefficient (Wildman–Crippen LogP) is 7.58. The lowest BCUT2D eigenvalue weighted by molar-refractivity contribution is -0.349. The van der Waals surface area contributed by atoms with Crippen LogP contribution in [0, 0.1) is 0 Å². The van der Waals surface area contributed by atoms with Gasteiger partial charge in [-0.2, -0.15) is 0 Å². The van der Waals surface area contributed by atoms with E-state index in [2.05, 4.69) is 124 Å². The number of H-pyrrole nitrogens is 3. The Bertz CT molecular complexity index is 1970. The standard InChI is InChI=1S/C36H26N4.4C2H4O2/c1-5-13-25(14-6-1)31-32(26-15-7-2-8-16-26)38-35(37-31)29-21-23-30(24-22-29)36-39-33(27-17-9-3-10-18-27)34(40-36)28-19-11-4-12-20-28;4*1-2(3)4/h1-24H,(H,37,38)(H,39,40);4*1H3,(H,3,4). The number of hydrogen-bond donors (Lipinski definition) is 5. The minimum absolute atomic E-state index is 0.833. The Hall–Kier alpha value is -7.60. The van der Waals surface area contributed by atoms with Crippen LogP contribution in [-0.2, 0) is 19.2 Å². The third-order valence-electron chi connectivity index (χ3n) is 7.14.